The fraction of sp³-hybridized carbons (Fsp3) is 0.300. The van der Waals surface area contributed by atoms with Gasteiger partial charge in [-0.25, -0.2) is 12.8 Å². The third kappa shape index (κ3) is 5.93. The molecule has 2 amide bonds. The maximum Gasteiger partial charge on any atom is 0.244 e. The van der Waals surface area contributed by atoms with Crippen molar-refractivity contribution in [1.82, 2.24) is 10.2 Å². The van der Waals surface area contributed by atoms with E-state index in [0.717, 1.165) is 12.3 Å². The van der Waals surface area contributed by atoms with Gasteiger partial charge in [-0.05, 0) is 36.8 Å². The lowest BCUT2D eigenvalue weighted by atomic mass is 10.1. The molecule has 30 heavy (non-hydrogen) atoms. The van der Waals surface area contributed by atoms with Crippen molar-refractivity contribution >= 4 is 39.1 Å². The highest BCUT2D eigenvalue weighted by atomic mass is 35.5. The van der Waals surface area contributed by atoms with E-state index in [1.54, 1.807) is 24.3 Å². The number of benzene rings is 2. The van der Waals surface area contributed by atoms with Crippen LogP contribution in [-0.4, -0.2) is 51.0 Å². The number of nitrogens with one attached hydrogen (secondary N) is 1. The van der Waals surface area contributed by atoms with Crippen LogP contribution in [0.5, 0.6) is 0 Å². The normalized spacial score (nSPS) is 12.2. The van der Waals surface area contributed by atoms with E-state index >= 15 is 0 Å². The monoisotopic (exact) mass is 455 g/mol. The summed E-state index contributed by atoms with van der Waals surface area (Å²) in [6.07, 6.45) is 0.887. The van der Waals surface area contributed by atoms with Gasteiger partial charge in [-0.2, -0.15) is 0 Å². The van der Waals surface area contributed by atoms with Crippen molar-refractivity contribution in [1.29, 1.82) is 0 Å². The van der Waals surface area contributed by atoms with Crippen molar-refractivity contribution in [3.63, 3.8) is 0 Å². The van der Waals surface area contributed by atoms with Crippen LogP contribution in [0.4, 0.5) is 10.1 Å². The van der Waals surface area contributed by atoms with Gasteiger partial charge in [0, 0.05) is 18.6 Å². The van der Waals surface area contributed by atoms with Gasteiger partial charge in [0.25, 0.3) is 0 Å². The van der Waals surface area contributed by atoms with E-state index in [1.165, 1.54) is 37.1 Å². The molecular weight excluding hydrogens is 433 g/mol. The van der Waals surface area contributed by atoms with Crippen LogP contribution in [0.15, 0.2) is 48.5 Å². The third-order valence-electron chi connectivity index (χ3n) is 4.48. The lowest BCUT2D eigenvalue weighted by Crippen LogP contribution is -2.50. The maximum atomic E-state index is 14.2. The van der Waals surface area contributed by atoms with Gasteiger partial charge < -0.3 is 10.2 Å². The Balaban J connectivity index is 2.38. The number of carbonyl (C=O) groups excluding carboxylic acids is 2. The molecule has 1 unspecified atom stereocenters. The van der Waals surface area contributed by atoms with Crippen molar-refractivity contribution in [3.8, 4) is 0 Å². The Hall–Kier alpha value is -2.65. The van der Waals surface area contributed by atoms with E-state index in [9.17, 15) is 22.4 Å². The number of amides is 2. The number of anilines is 1. The SMILES string of the molecule is CNC(=O)C(C)N(Cc1ccc(Cl)cc1)C(=O)CN(c1ccccc1F)S(C)(=O)=O. The summed E-state index contributed by atoms with van der Waals surface area (Å²) in [5, 5.41) is 2.99. The Labute approximate surface area is 180 Å². The number of sulfonamides is 1. The van der Waals surface area contributed by atoms with Crippen LogP contribution >= 0.6 is 11.6 Å². The summed E-state index contributed by atoms with van der Waals surface area (Å²) in [4.78, 5) is 26.5. The van der Waals surface area contributed by atoms with E-state index in [4.69, 9.17) is 11.6 Å². The summed E-state index contributed by atoms with van der Waals surface area (Å²) in [6.45, 7) is 0.911. The smallest absolute Gasteiger partial charge is 0.244 e. The molecule has 0 fully saturated rings. The number of nitrogens with zero attached hydrogens (tertiary/aromatic N) is 2. The topological polar surface area (TPSA) is 86.8 Å². The molecule has 2 rings (SSSR count). The molecule has 2 aromatic carbocycles. The highest BCUT2D eigenvalue weighted by Crippen LogP contribution is 2.22. The van der Waals surface area contributed by atoms with Gasteiger partial charge in [0.2, 0.25) is 21.8 Å². The minimum absolute atomic E-state index is 0.0411. The lowest BCUT2D eigenvalue weighted by Gasteiger charge is -2.31. The molecule has 0 aliphatic rings. The molecule has 0 aromatic heterocycles. The second kappa shape index (κ2) is 9.90. The van der Waals surface area contributed by atoms with E-state index in [-0.39, 0.29) is 12.2 Å². The summed E-state index contributed by atoms with van der Waals surface area (Å²) in [6, 6.07) is 11.1. The Morgan fingerprint density at radius 2 is 1.73 bits per heavy atom. The average Bonchev–Trinajstić information content (AvgIpc) is 2.70. The molecule has 1 atom stereocenters. The number of carbonyl (C=O) groups is 2. The summed E-state index contributed by atoms with van der Waals surface area (Å²) in [5.74, 6) is -1.86. The van der Waals surface area contributed by atoms with Gasteiger partial charge in [-0.1, -0.05) is 35.9 Å². The van der Waals surface area contributed by atoms with Crippen LogP contribution in [0, 0.1) is 5.82 Å². The fourth-order valence-corrected chi connectivity index (χ4v) is 3.80. The molecule has 2 aromatic rings. The van der Waals surface area contributed by atoms with Gasteiger partial charge in [-0.15, -0.1) is 0 Å². The summed E-state index contributed by atoms with van der Waals surface area (Å²) in [5.41, 5.74) is 0.452. The number of hydrogen-bond acceptors (Lipinski definition) is 4. The van der Waals surface area contributed by atoms with Crippen molar-refractivity contribution in [2.24, 2.45) is 0 Å². The predicted molar refractivity (Wildman–Crippen MR) is 114 cm³/mol. The molecular formula is C20H23ClFN3O4S. The van der Waals surface area contributed by atoms with E-state index in [2.05, 4.69) is 5.32 Å². The molecule has 0 bridgehead atoms. The molecule has 0 saturated carbocycles. The first-order valence-corrected chi connectivity index (χ1v) is 11.2. The molecule has 0 saturated heterocycles. The van der Waals surface area contributed by atoms with Crippen molar-refractivity contribution in [2.75, 3.05) is 24.2 Å². The zero-order valence-corrected chi connectivity index (χ0v) is 18.4. The van der Waals surface area contributed by atoms with Gasteiger partial charge in [0.05, 0.1) is 11.9 Å². The highest BCUT2D eigenvalue weighted by molar-refractivity contribution is 7.92. The largest absolute Gasteiger partial charge is 0.357 e. The standard InChI is InChI=1S/C20H23ClFN3O4S/c1-14(20(27)23-2)24(12-15-8-10-16(21)11-9-15)19(26)13-25(30(3,28)29)18-7-5-4-6-17(18)22/h4-11,14H,12-13H2,1-3H3,(H,23,27). The first-order chi connectivity index (χ1) is 14.0. The predicted octanol–water partition coefficient (Wildman–Crippen LogP) is 2.41. The number of likely N-dealkylation sites (N-methyl/N-ethyl adjacent to an activating group) is 1. The Bertz CT molecular complexity index is 1010. The zero-order chi connectivity index (χ0) is 22.5. The Morgan fingerprint density at radius 3 is 2.27 bits per heavy atom. The van der Waals surface area contributed by atoms with E-state index in [0.29, 0.717) is 14.9 Å². The minimum Gasteiger partial charge on any atom is -0.357 e. The summed E-state index contributed by atoms with van der Waals surface area (Å²) >= 11 is 5.89. The van der Waals surface area contributed by atoms with Gasteiger partial charge in [0.15, 0.2) is 0 Å². The Morgan fingerprint density at radius 1 is 1.13 bits per heavy atom. The summed E-state index contributed by atoms with van der Waals surface area (Å²) < 4.78 is 39.5. The second-order valence-electron chi connectivity index (χ2n) is 6.66. The lowest BCUT2D eigenvalue weighted by molar-refractivity contribution is -0.139. The Kier molecular flexibility index (Phi) is 7.80. The van der Waals surface area contributed by atoms with Crippen molar-refractivity contribution in [3.05, 3.63) is 64.9 Å². The molecule has 0 heterocycles. The van der Waals surface area contributed by atoms with Crippen LogP contribution in [0.1, 0.15) is 12.5 Å². The van der Waals surface area contributed by atoms with Crippen LogP contribution in [0.25, 0.3) is 0 Å². The zero-order valence-electron chi connectivity index (χ0n) is 16.8. The second-order valence-corrected chi connectivity index (χ2v) is 9.00. The molecule has 0 spiro atoms. The van der Waals surface area contributed by atoms with Gasteiger partial charge in [0.1, 0.15) is 18.4 Å². The molecule has 1 N–H and O–H groups in total. The number of halogens is 2. The van der Waals surface area contributed by atoms with Crippen LogP contribution in [0.2, 0.25) is 5.02 Å². The third-order valence-corrected chi connectivity index (χ3v) is 5.86. The van der Waals surface area contributed by atoms with Gasteiger partial charge >= 0.3 is 0 Å². The van der Waals surface area contributed by atoms with Crippen molar-refractivity contribution in [2.45, 2.75) is 19.5 Å². The van der Waals surface area contributed by atoms with E-state index in [1.807, 2.05) is 0 Å². The quantitative estimate of drug-likeness (QED) is 0.662. The highest BCUT2D eigenvalue weighted by Gasteiger charge is 2.30. The molecule has 0 aliphatic heterocycles. The first kappa shape index (κ1) is 23.6. The fourth-order valence-electron chi connectivity index (χ4n) is 2.83. The molecule has 0 radical (unpaired) electrons. The summed E-state index contributed by atoms with van der Waals surface area (Å²) in [7, 11) is -2.53. The maximum absolute atomic E-state index is 14.2. The minimum atomic E-state index is -3.97. The van der Waals surface area contributed by atoms with Crippen LogP contribution in [0.3, 0.4) is 0 Å². The molecule has 162 valence electrons. The first-order valence-electron chi connectivity index (χ1n) is 9.02. The van der Waals surface area contributed by atoms with Crippen LogP contribution < -0.4 is 9.62 Å². The molecule has 10 heteroatoms. The van der Waals surface area contributed by atoms with Crippen molar-refractivity contribution < 1.29 is 22.4 Å². The van der Waals surface area contributed by atoms with Gasteiger partial charge in [-0.3, -0.25) is 13.9 Å². The number of para-hydroxylation sites is 1. The molecule has 0 aliphatic carbocycles. The number of rotatable bonds is 8. The number of hydrogen-bond donors (Lipinski definition) is 1. The van der Waals surface area contributed by atoms with Crippen LogP contribution in [-0.2, 0) is 26.2 Å². The average molecular weight is 456 g/mol. The van der Waals surface area contributed by atoms with E-state index < -0.39 is 40.2 Å². The molecule has 7 nitrogen and oxygen atoms in total.